The van der Waals surface area contributed by atoms with Gasteiger partial charge in [-0.05, 0) is 42.9 Å². The second-order valence-electron chi connectivity index (χ2n) is 6.36. The Balaban J connectivity index is 1.90. The molecule has 6 heteroatoms. The van der Waals surface area contributed by atoms with Crippen molar-refractivity contribution < 1.29 is 4.74 Å². The molecule has 0 amide bonds. The molecule has 2 aromatic heterocycles. The number of hydrogen-bond donors (Lipinski definition) is 1. The fraction of sp³-hybridized carbons (Fsp3) is 0.190. The number of nitrogens with one attached hydrogen (secondary N) is 1. The molecule has 2 aromatic carbocycles. The molecule has 0 fully saturated rings. The number of para-hydroxylation sites is 1. The number of aromatic amines is 1. The van der Waals surface area contributed by atoms with Crippen LogP contribution >= 0.6 is 12.2 Å². The number of H-pyrrole nitrogens is 1. The van der Waals surface area contributed by atoms with Gasteiger partial charge < -0.3 is 9.30 Å². The van der Waals surface area contributed by atoms with E-state index in [1.807, 2.05) is 54.1 Å². The molecule has 0 aliphatic carbocycles. The van der Waals surface area contributed by atoms with E-state index < -0.39 is 0 Å². The van der Waals surface area contributed by atoms with Gasteiger partial charge in [-0.25, -0.2) is 4.98 Å². The number of ether oxygens (including phenoxy) is 1. The van der Waals surface area contributed by atoms with Crippen molar-refractivity contribution in [3.05, 3.63) is 59.4 Å². The zero-order valence-corrected chi connectivity index (χ0v) is 16.1. The maximum Gasteiger partial charge on any atom is 0.195 e. The summed E-state index contributed by atoms with van der Waals surface area (Å²) in [7, 11) is 1.91. The highest BCUT2D eigenvalue weighted by Gasteiger charge is 2.14. The van der Waals surface area contributed by atoms with Crippen LogP contribution in [0.4, 0.5) is 0 Å². The van der Waals surface area contributed by atoms with E-state index in [0.717, 1.165) is 45.7 Å². The molecule has 0 spiro atoms. The lowest BCUT2D eigenvalue weighted by Gasteiger charge is -2.11. The van der Waals surface area contributed by atoms with Crippen LogP contribution in [-0.4, -0.2) is 26.4 Å². The van der Waals surface area contributed by atoms with E-state index in [0.29, 0.717) is 11.4 Å². The Hall–Kier alpha value is -2.99. The van der Waals surface area contributed by atoms with Gasteiger partial charge in [0, 0.05) is 23.6 Å². The summed E-state index contributed by atoms with van der Waals surface area (Å²) < 4.78 is 8.24. The zero-order chi connectivity index (χ0) is 18.8. The summed E-state index contributed by atoms with van der Waals surface area (Å²) in [6, 6.07) is 18.2. The van der Waals surface area contributed by atoms with Gasteiger partial charge in [0.05, 0.1) is 17.8 Å². The number of nitrogens with zero attached hydrogens (tertiary/aromatic N) is 3. The Morgan fingerprint density at radius 3 is 2.74 bits per heavy atom. The molecule has 2 heterocycles. The molecular weight excluding hydrogens is 356 g/mol. The highest BCUT2D eigenvalue weighted by atomic mass is 32.1. The zero-order valence-electron chi connectivity index (χ0n) is 15.3. The lowest BCUT2D eigenvalue weighted by molar-refractivity contribution is 0.317. The Morgan fingerprint density at radius 1 is 1.11 bits per heavy atom. The Morgan fingerprint density at radius 2 is 1.96 bits per heavy atom. The van der Waals surface area contributed by atoms with Crippen molar-refractivity contribution in [3.8, 4) is 28.4 Å². The van der Waals surface area contributed by atoms with Gasteiger partial charge in [-0.3, -0.25) is 5.10 Å². The third-order valence-electron chi connectivity index (χ3n) is 4.44. The molecule has 0 saturated carbocycles. The lowest BCUT2D eigenvalue weighted by atomic mass is 10.0. The molecule has 4 rings (SSSR count). The highest BCUT2D eigenvalue weighted by molar-refractivity contribution is 7.71. The van der Waals surface area contributed by atoms with E-state index in [1.54, 1.807) is 0 Å². The molecule has 0 bridgehead atoms. The SMILES string of the molecule is CCCOc1cccc(-c2cc(-c3n[nH]c(=S)n3C)c3ccccc3n2)c1. The van der Waals surface area contributed by atoms with E-state index in [2.05, 4.69) is 29.3 Å². The Kier molecular flexibility index (Phi) is 4.73. The summed E-state index contributed by atoms with van der Waals surface area (Å²) in [6.45, 7) is 2.79. The van der Waals surface area contributed by atoms with Crippen molar-refractivity contribution >= 4 is 23.1 Å². The van der Waals surface area contributed by atoms with Gasteiger partial charge in [0.1, 0.15) is 5.75 Å². The average molecular weight is 376 g/mol. The minimum atomic E-state index is 0.586. The summed E-state index contributed by atoms with van der Waals surface area (Å²) in [5.41, 5.74) is 3.79. The smallest absolute Gasteiger partial charge is 0.195 e. The highest BCUT2D eigenvalue weighted by Crippen LogP contribution is 2.32. The molecule has 5 nitrogen and oxygen atoms in total. The van der Waals surface area contributed by atoms with Crippen LogP contribution in [0.1, 0.15) is 13.3 Å². The monoisotopic (exact) mass is 376 g/mol. The molecule has 0 saturated heterocycles. The Bertz CT molecular complexity index is 1160. The summed E-state index contributed by atoms with van der Waals surface area (Å²) in [5.74, 6) is 1.64. The number of pyridine rings is 1. The topological polar surface area (TPSA) is 55.7 Å². The first kappa shape index (κ1) is 17.4. The molecule has 136 valence electrons. The number of hydrogen-bond acceptors (Lipinski definition) is 4. The first-order valence-corrected chi connectivity index (χ1v) is 9.33. The molecule has 4 aromatic rings. The van der Waals surface area contributed by atoms with E-state index in [1.165, 1.54) is 0 Å². The molecule has 0 aliphatic rings. The summed E-state index contributed by atoms with van der Waals surface area (Å²) in [6.07, 6.45) is 0.974. The van der Waals surface area contributed by atoms with Crippen LogP contribution in [0.5, 0.6) is 5.75 Å². The van der Waals surface area contributed by atoms with Crippen LogP contribution in [0.2, 0.25) is 0 Å². The van der Waals surface area contributed by atoms with Gasteiger partial charge in [0.15, 0.2) is 10.6 Å². The number of rotatable bonds is 5. The number of fused-ring (bicyclic) bond motifs is 1. The lowest BCUT2D eigenvalue weighted by Crippen LogP contribution is -1.97. The first-order valence-electron chi connectivity index (χ1n) is 8.92. The maximum atomic E-state index is 5.78. The van der Waals surface area contributed by atoms with Crippen molar-refractivity contribution in [3.63, 3.8) is 0 Å². The second-order valence-corrected chi connectivity index (χ2v) is 6.75. The van der Waals surface area contributed by atoms with E-state index in [4.69, 9.17) is 21.9 Å². The normalized spacial score (nSPS) is 11.0. The summed E-state index contributed by atoms with van der Waals surface area (Å²) in [4.78, 5) is 4.86. The molecule has 0 atom stereocenters. The molecule has 0 unspecified atom stereocenters. The number of aromatic nitrogens is 4. The quantitative estimate of drug-likeness (QED) is 0.490. The van der Waals surface area contributed by atoms with Crippen LogP contribution in [0.3, 0.4) is 0 Å². The third kappa shape index (κ3) is 3.36. The molecular formula is C21H20N4OS. The van der Waals surface area contributed by atoms with Crippen LogP contribution in [-0.2, 0) is 7.05 Å². The van der Waals surface area contributed by atoms with Crippen LogP contribution in [0, 0.1) is 4.77 Å². The average Bonchev–Trinajstić information content (AvgIpc) is 3.04. The van der Waals surface area contributed by atoms with Gasteiger partial charge in [0.2, 0.25) is 0 Å². The molecule has 0 aliphatic heterocycles. The van der Waals surface area contributed by atoms with E-state index in [9.17, 15) is 0 Å². The van der Waals surface area contributed by atoms with Gasteiger partial charge in [0.25, 0.3) is 0 Å². The first-order chi connectivity index (χ1) is 13.2. The molecule has 0 radical (unpaired) electrons. The van der Waals surface area contributed by atoms with Gasteiger partial charge in [-0.1, -0.05) is 37.3 Å². The van der Waals surface area contributed by atoms with Crippen molar-refractivity contribution in [2.45, 2.75) is 13.3 Å². The van der Waals surface area contributed by atoms with Crippen molar-refractivity contribution in [2.24, 2.45) is 7.05 Å². The fourth-order valence-electron chi connectivity index (χ4n) is 3.06. The molecule has 1 N–H and O–H groups in total. The minimum Gasteiger partial charge on any atom is -0.494 e. The third-order valence-corrected chi connectivity index (χ3v) is 4.80. The van der Waals surface area contributed by atoms with Crippen molar-refractivity contribution in [1.82, 2.24) is 19.7 Å². The van der Waals surface area contributed by atoms with E-state index in [-0.39, 0.29) is 0 Å². The van der Waals surface area contributed by atoms with Gasteiger partial charge in [-0.15, -0.1) is 0 Å². The number of benzene rings is 2. The van der Waals surface area contributed by atoms with Gasteiger partial charge in [-0.2, -0.15) is 5.10 Å². The fourth-order valence-corrected chi connectivity index (χ4v) is 3.19. The van der Waals surface area contributed by atoms with Crippen molar-refractivity contribution in [1.29, 1.82) is 0 Å². The minimum absolute atomic E-state index is 0.586. The maximum absolute atomic E-state index is 5.78. The van der Waals surface area contributed by atoms with Crippen LogP contribution in [0.15, 0.2) is 54.6 Å². The Labute approximate surface area is 162 Å². The van der Waals surface area contributed by atoms with Crippen molar-refractivity contribution in [2.75, 3.05) is 6.61 Å². The van der Waals surface area contributed by atoms with Crippen LogP contribution < -0.4 is 4.74 Å². The second kappa shape index (κ2) is 7.32. The predicted molar refractivity (Wildman–Crippen MR) is 110 cm³/mol. The summed E-state index contributed by atoms with van der Waals surface area (Å²) >= 11 is 5.29. The summed E-state index contributed by atoms with van der Waals surface area (Å²) in [5, 5.41) is 8.33. The standard InChI is InChI=1S/C21H20N4OS/c1-3-11-26-15-8-6-7-14(12-15)19-13-17(20-23-24-21(27)25(20)2)16-9-4-5-10-18(16)22-19/h4-10,12-13H,3,11H2,1-2H3,(H,24,27). The van der Waals surface area contributed by atoms with Crippen LogP contribution in [0.25, 0.3) is 33.5 Å². The van der Waals surface area contributed by atoms with E-state index >= 15 is 0 Å². The predicted octanol–water partition coefficient (Wildman–Crippen LogP) is 5.15. The van der Waals surface area contributed by atoms with Gasteiger partial charge >= 0.3 is 0 Å². The largest absolute Gasteiger partial charge is 0.494 e. The molecule has 27 heavy (non-hydrogen) atoms.